The molecule has 0 bridgehead atoms. The van der Waals surface area contributed by atoms with Crippen LogP contribution in [0.25, 0.3) is 21.5 Å². The molecule has 330 valence electrons. The fourth-order valence-corrected chi connectivity index (χ4v) is 10.6. The minimum Gasteiger partial charge on any atom is -0.487 e. The number of ether oxygens (including phenoxy) is 2. The fraction of sp³-hybridized carbons (Fsp3) is 0.311. The van der Waals surface area contributed by atoms with Crippen LogP contribution in [0.3, 0.4) is 0 Å². The van der Waals surface area contributed by atoms with Crippen LogP contribution in [0.5, 0.6) is 11.5 Å². The number of nitrogens with zero attached hydrogens (tertiary/aromatic N) is 4. The van der Waals surface area contributed by atoms with Gasteiger partial charge in [-0.2, -0.15) is 8.42 Å². The molecule has 15 nitrogen and oxygen atoms in total. The second-order valence-corrected chi connectivity index (χ2v) is 18.2. The van der Waals surface area contributed by atoms with Gasteiger partial charge in [0, 0.05) is 22.8 Å². The molecule has 4 fully saturated rings. The van der Waals surface area contributed by atoms with Gasteiger partial charge in [-0.3, -0.25) is 39.1 Å². The van der Waals surface area contributed by atoms with E-state index in [0.717, 1.165) is 5.56 Å². The van der Waals surface area contributed by atoms with E-state index in [-0.39, 0.29) is 74.8 Å². The Balaban J connectivity index is 0.793. The highest BCUT2D eigenvalue weighted by Crippen LogP contribution is 2.48. The minimum atomic E-state index is -4.40. The van der Waals surface area contributed by atoms with Gasteiger partial charge in [0.15, 0.2) is 5.82 Å². The molecule has 0 spiro atoms. The number of nitrogens with one attached hydrogen (secondary N) is 2. The molecule has 10 rings (SSSR count). The van der Waals surface area contributed by atoms with Crippen LogP contribution >= 0.6 is 0 Å². The number of anilines is 2. The third-order valence-electron chi connectivity index (χ3n) is 12.5. The van der Waals surface area contributed by atoms with Crippen LogP contribution in [0.2, 0.25) is 0 Å². The van der Waals surface area contributed by atoms with Gasteiger partial charge < -0.3 is 14.4 Å². The second kappa shape index (κ2) is 15.5. The van der Waals surface area contributed by atoms with Crippen LogP contribution in [0.1, 0.15) is 46.7 Å². The number of halogens is 3. The third kappa shape index (κ3) is 7.21. The normalized spacial score (nSPS) is 21.9. The fourth-order valence-electron chi connectivity index (χ4n) is 9.39. The number of alkyl halides is 2. The van der Waals surface area contributed by atoms with Crippen molar-refractivity contribution in [1.82, 2.24) is 19.8 Å². The number of imide groups is 1. The van der Waals surface area contributed by atoms with Crippen LogP contribution in [-0.4, -0.2) is 105 Å². The second-order valence-electron chi connectivity index (χ2n) is 16.6. The quantitative estimate of drug-likeness (QED) is 0.192. The first-order valence-electron chi connectivity index (χ1n) is 20.7. The van der Waals surface area contributed by atoms with Crippen molar-refractivity contribution in [3.8, 4) is 11.5 Å². The molecule has 64 heavy (non-hydrogen) atoms. The number of carbonyl (C=O) groups is 5. The van der Waals surface area contributed by atoms with E-state index in [0.29, 0.717) is 37.3 Å². The Bertz CT molecular complexity index is 2930. The molecule has 5 aliphatic heterocycles. The molecule has 5 aromatic rings. The number of rotatable bonds is 10. The number of likely N-dealkylation sites (tertiary alicyclic amines) is 2. The zero-order valence-corrected chi connectivity index (χ0v) is 34.7. The lowest BCUT2D eigenvalue weighted by molar-refractivity contribution is -0.144. The monoisotopic (exact) mass is 896 g/mol. The SMILES string of the molecule is O=C1CCC(N2C(=O)c3cccc4c(C5CCN(CC(=O)N6CC(Oc7ccc8cc(OCc9ccccc9)c(N9CC(=O)NS9(=O)=O)c(F)c8c7)C6)CC5(F)F)ccc2c34)C(=O)N1. The van der Waals surface area contributed by atoms with Crippen molar-refractivity contribution in [3.05, 3.63) is 107 Å². The molecule has 0 aromatic heterocycles. The zero-order chi connectivity index (χ0) is 44.7. The molecular formula is C45H39F3N6O9S. The van der Waals surface area contributed by atoms with Crippen LogP contribution in [0, 0.1) is 5.82 Å². The molecule has 5 aromatic carbocycles. The van der Waals surface area contributed by atoms with E-state index >= 15 is 13.2 Å². The van der Waals surface area contributed by atoms with E-state index in [1.165, 1.54) is 26.8 Å². The van der Waals surface area contributed by atoms with E-state index in [2.05, 4.69) is 5.32 Å². The summed E-state index contributed by atoms with van der Waals surface area (Å²) >= 11 is 0. The first-order chi connectivity index (χ1) is 30.6. The first-order valence-corrected chi connectivity index (χ1v) is 22.1. The van der Waals surface area contributed by atoms with Gasteiger partial charge in [0.05, 0.1) is 37.8 Å². The van der Waals surface area contributed by atoms with E-state index in [1.54, 1.807) is 66.7 Å². The molecule has 5 aliphatic rings. The maximum Gasteiger partial charge on any atom is 0.326 e. The number of hydrogen-bond acceptors (Lipinski definition) is 10. The topological polar surface area (TPSA) is 175 Å². The standard InChI is InChI=1S/C45H39F3N6O9S/c46-41-32-18-27(10-9-26(32)17-36(62-23-25-5-2-1-3-6-25)42(41)53-21-38(56)50-64(53,60)61)63-28-19-52(20-28)39(57)22-51-16-15-33(45(47,48)24-51)29-11-12-34-40-30(29)7-4-8-31(40)44(59)54(34)35-13-14-37(55)49-43(35)58/h1-12,17-18,28,33,35H,13-16,19-24H2,(H,50,56)(H,49,55,58). The number of benzene rings is 5. The maximum absolute atomic E-state index is 16.4. The number of hydrogen-bond donors (Lipinski definition) is 2. The lowest BCUT2D eigenvalue weighted by atomic mass is 9.83. The summed E-state index contributed by atoms with van der Waals surface area (Å²) in [5.41, 5.74) is 1.42. The third-order valence-corrected chi connectivity index (χ3v) is 13.9. The molecule has 5 heterocycles. The first kappa shape index (κ1) is 41.3. The van der Waals surface area contributed by atoms with Crippen LogP contribution in [0.15, 0.2) is 84.9 Å². The number of piperidine rings is 2. The van der Waals surface area contributed by atoms with Crippen molar-refractivity contribution in [1.29, 1.82) is 0 Å². The Labute approximate surface area is 363 Å². The molecule has 5 amide bonds. The van der Waals surface area contributed by atoms with Gasteiger partial charge >= 0.3 is 10.2 Å². The summed E-state index contributed by atoms with van der Waals surface area (Å²) in [5, 5.41) is 3.63. The molecule has 0 radical (unpaired) electrons. The minimum absolute atomic E-state index is 0.000513. The lowest BCUT2D eigenvalue weighted by Gasteiger charge is -2.42. The summed E-state index contributed by atoms with van der Waals surface area (Å²) in [7, 11) is -4.40. The van der Waals surface area contributed by atoms with Crippen molar-refractivity contribution in [3.63, 3.8) is 0 Å². The Morgan fingerprint density at radius 3 is 2.42 bits per heavy atom. The molecule has 2 unspecified atom stereocenters. The average Bonchev–Trinajstić information content (AvgIpc) is 3.68. The zero-order valence-electron chi connectivity index (χ0n) is 33.9. The van der Waals surface area contributed by atoms with Crippen molar-refractivity contribution < 1.29 is 55.0 Å². The Morgan fingerprint density at radius 1 is 0.891 bits per heavy atom. The van der Waals surface area contributed by atoms with E-state index in [1.807, 2.05) is 10.8 Å². The summed E-state index contributed by atoms with van der Waals surface area (Å²) in [6.45, 7) is -1.06. The number of amides is 5. The summed E-state index contributed by atoms with van der Waals surface area (Å²) in [5.74, 6) is -7.87. The van der Waals surface area contributed by atoms with Gasteiger partial charge in [0.2, 0.25) is 17.7 Å². The van der Waals surface area contributed by atoms with Gasteiger partial charge in [-0.25, -0.2) is 22.2 Å². The van der Waals surface area contributed by atoms with Crippen LogP contribution in [0.4, 0.5) is 24.5 Å². The molecule has 0 aliphatic carbocycles. The highest BCUT2D eigenvalue weighted by molar-refractivity contribution is 7.92. The predicted molar refractivity (Wildman–Crippen MR) is 226 cm³/mol. The summed E-state index contributed by atoms with van der Waals surface area (Å²) in [4.78, 5) is 67.8. The highest BCUT2D eigenvalue weighted by atomic mass is 32.2. The van der Waals surface area contributed by atoms with Crippen molar-refractivity contribution in [2.45, 2.75) is 49.9 Å². The van der Waals surface area contributed by atoms with Crippen molar-refractivity contribution in [2.75, 3.05) is 48.5 Å². The largest absolute Gasteiger partial charge is 0.487 e. The van der Waals surface area contributed by atoms with Gasteiger partial charge in [0.1, 0.15) is 42.5 Å². The highest BCUT2D eigenvalue weighted by Gasteiger charge is 2.48. The average molecular weight is 897 g/mol. The van der Waals surface area contributed by atoms with Gasteiger partial charge in [-0.1, -0.05) is 54.6 Å². The lowest BCUT2D eigenvalue weighted by Crippen LogP contribution is -2.59. The Hall–Kier alpha value is -6.73. The summed E-state index contributed by atoms with van der Waals surface area (Å²) in [6, 6.07) is 22.3. The van der Waals surface area contributed by atoms with Crippen LogP contribution in [-0.2, 0) is 36.0 Å². The predicted octanol–water partition coefficient (Wildman–Crippen LogP) is 4.37. The van der Waals surface area contributed by atoms with Gasteiger partial charge in [-0.15, -0.1) is 0 Å². The Morgan fingerprint density at radius 2 is 1.69 bits per heavy atom. The molecule has 2 N–H and O–H groups in total. The number of fused-ring (bicyclic) bond motifs is 1. The molecule has 2 atom stereocenters. The van der Waals surface area contributed by atoms with E-state index in [9.17, 15) is 32.4 Å². The molecule has 4 saturated heterocycles. The van der Waals surface area contributed by atoms with Crippen LogP contribution < -0.4 is 28.7 Å². The van der Waals surface area contributed by atoms with Crippen molar-refractivity contribution >= 4 is 72.7 Å². The van der Waals surface area contributed by atoms with E-state index in [4.69, 9.17) is 9.47 Å². The van der Waals surface area contributed by atoms with Crippen molar-refractivity contribution in [2.24, 2.45) is 0 Å². The summed E-state index contributed by atoms with van der Waals surface area (Å²) < 4.78 is 88.9. The molecule has 0 saturated carbocycles. The molecular weight excluding hydrogens is 858 g/mol. The van der Waals surface area contributed by atoms with Gasteiger partial charge in [0.25, 0.3) is 17.7 Å². The smallest absolute Gasteiger partial charge is 0.326 e. The van der Waals surface area contributed by atoms with Gasteiger partial charge in [-0.05, 0) is 71.6 Å². The van der Waals surface area contributed by atoms with E-state index < -0.39 is 82.4 Å². The Kier molecular flexibility index (Phi) is 10.0. The number of carbonyl (C=O) groups excluding carboxylic acids is 5. The maximum atomic E-state index is 16.4. The molecule has 19 heteroatoms. The summed E-state index contributed by atoms with van der Waals surface area (Å²) in [6.07, 6.45) is -0.241.